The van der Waals surface area contributed by atoms with Crippen molar-refractivity contribution in [3.63, 3.8) is 0 Å². The van der Waals surface area contributed by atoms with Crippen molar-refractivity contribution < 1.29 is 9.18 Å². The lowest BCUT2D eigenvalue weighted by molar-refractivity contribution is 0.102. The summed E-state index contributed by atoms with van der Waals surface area (Å²) >= 11 is 1.46. The topological polar surface area (TPSA) is 80.4 Å². The number of hydrogen-bond donors (Lipinski definition) is 2. The molecule has 0 bridgehead atoms. The average molecular weight is 395 g/mol. The third-order valence-corrected chi connectivity index (χ3v) is 5.02. The first kappa shape index (κ1) is 20.2. The first-order chi connectivity index (χ1) is 11.9. The first-order valence-corrected chi connectivity index (χ1v) is 8.89. The molecule has 5 nitrogen and oxygen atoms in total. The zero-order valence-electron chi connectivity index (χ0n) is 14.5. The van der Waals surface area contributed by atoms with Crippen LogP contribution in [0.3, 0.4) is 0 Å². The van der Waals surface area contributed by atoms with Crippen LogP contribution < -0.4 is 11.1 Å². The number of nitrogens with one attached hydrogen (secondary N) is 1. The Morgan fingerprint density at radius 3 is 2.85 bits per heavy atom. The molecule has 0 spiro atoms. The quantitative estimate of drug-likeness (QED) is 0.828. The van der Waals surface area contributed by atoms with Gasteiger partial charge in [0.25, 0.3) is 5.91 Å². The van der Waals surface area contributed by atoms with Gasteiger partial charge in [-0.3, -0.25) is 14.8 Å². The molecule has 0 fully saturated rings. The Bertz CT molecular complexity index is 861. The lowest BCUT2D eigenvalue weighted by atomic mass is 9.89. The number of hydrogen-bond acceptors (Lipinski definition) is 5. The van der Waals surface area contributed by atoms with Crippen LogP contribution in [0.5, 0.6) is 0 Å². The smallest absolute Gasteiger partial charge is 0.274 e. The molecule has 138 valence electrons. The Morgan fingerprint density at radius 1 is 1.38 bits per heavy atom. The van der Waals surface area contributed by atoms with Gasteiger partial charge in [0.2, 0.25) is 0 Å². The summed E-state index contributed by atoms with van der Waals surface area (Å²) in [5, 5.41) is 3.23. The molecule has 0 saturated heterocycles. The number of anilines is 1. The molecule has 1 aromatic carbocycles. The number of carbonyl (C=O) groups is 1. The van der Waals surface area contributed by atoms with Gasteiger partial charge in [-0.15, -0.1) is 12.4 Å². The summed E-state index contributed by atoms with van der Waals surface area (Å²) in [5.41, 5.74) is 7.13. The van der Waals surface area contributed by atoms with Gasteiger partial charge >= 0.3 is 0 Å². The third-order valence-electron chi connectivity index (χ3n) is 4.22. The fraction of sp³-hybridized carbons (Fsp3) is 0.278. The van der Waals surface area contributed by atoms with Crippen LogP contribution in [-0.2, 0) is 5.54 Å². The number of aromatic nitrogens is 1. The largest absolute Gasteiger partial charge is 0.379 e. The molecule has 1 aromatic heterocycles. The Hall–Kier alpha value is -2.12. The molecule has 3 N–H and O–H groups in total. The second kappa shape index (κ2) is 8.05. The van der Waals surface area contributed by atoms with Gasteiger partial charge in [-0.25, -0.2) is 4.39 Å². The molecule has 1 aliphatic rings. The molecule has 0 radical (unpaired) electrons. The number of thioether (sulfide) groups is 1. The fourth-order valence-electron chi connectivity index (χ4n) is 2.81. The van der Waals surface area contributed by atoms with Crippen molar-refractivity contribution in [2.45, 2.75) is 25.8 Å². The highest BCUT2D eigenvalue weighted by atomic mass is 35.5. The molecule has 2 aromatic rings. The monoisotopic (exact) mass is 394 g/mol. The predicted octanol–water partition coefficient (Wildman–Crippen LogP) is 3.87. The molecule has 2 heterocycles. The van der Waals surface area contributed by atoms with Crippen molar-refractivity contribution in [2.75, 3.05) is 11.1 Å². The van der Waals surface area contributed by atoms with Crippen LogP contribution in [0, 0.1) is 12.7 Å². The van der Waals surface area contributed by atoms with E-state index in [1.165, 1.54) is 23.9 Å². The summed E-state index contributed by atoms with van der Waals surface area (Å²) in [6.07, 6.45) is 2.24. The van der Waals surface area contributed by atoms with E-state index in [0.29, 0.717) is 28.5 Å². The predicted molar refractivity (Wildman–Crippen MR) is 107 cm³/mol. The number of aryl methyl sites for hydroxylation is 1. The van der Waals surface area contributed by atoms with Crippen LogP contribution in [0.2, 0.25) is 0 Å². The summed E-state index contributed by atoms with van der Waals surface area (Å²) in [7, 11) is 0. The molecule has 0 unspecified atom stereocenters. The number of halogens is 2. The van der Waals surface area contributed by atoms with Crippen LogP contribution in [-0.4, -0.2) is 21.8 Å². The van der Waals surface area contributed by atoms with Gasteiger partial charge < -0.3 is 11.1 Å². The molecular weight excluding hydrogens is 375 g/mol. The van der Waals surface area contributed by atoms with Gasteiger partial charge in [-0.05, 0) is 50.1 Å². The van der Waals surface area contributed by atoms with Gasteiger partial charge in [0, 0.05) is 23.2 Å². The average Bonchev–Trinajstić information content (AvgIpc) is 2.56. The van der Waals surface area contributed by atoms with Gasteiger partial charge in [-0.1, -0.05) is 17.8 Å². The number of aliphatic imine (C=N–C) groups is 1. The Balaban J connectivity index is 0.00000243. The number of carbonyl (C=O) groups excluding carboxylic acids is 1. The van der Waals surface area contributed by atoms with Crippen molar-refractivity contribution in [3.05, 3.63) is 59.2 Å². The normalized spacial score (nSPS) is 19.3. The maximum atomic E-state index is 14.4. The van der Waals surface area contributed by atoms with Gasteiger partial charge in [0.15, 0.2) is 5.17 Å². The summed E-state index contributed by atoms with van der Waals surface area (Å²) in [5.74, 6) is 0.0793. The van der Waals surface area contributed by atoms with Crippen molar-refractivity contribution >= 4 is 40.9 Å². The lowest BCUT2D eigenvalue weighted by Crippen LogP contribution is -2.30. The standard InChI is InChI=1S/C18H19FN4OS.ClH/c1-11-4-3-8-21-15(11)16(24)22-12-5-6-14(19)13(10-12)18(2)7-9-25-17(20)23-18;/h3-6,8,10H,7,9H2,1-2H3,(H2,20,23)(H,22,24);1H/t18-;/m0./s1. The zero-order valence-corrected chi connectivity index (χ0v) is 16.1. The van der Waals surface area contributed by atoms with Gasteiger partial charge in [0.05, 0.1) is 5.54 Å². The fourth-order valence-corrected chi connectivity index (χ4v) is 3.78. The van der Waals surface area contributed by atoms with Gasteiger partial charge in [0.1, 0.15) is 11.5 Å². The molecule has 1 atom stereocenters. The van der Waals surface area contributed by atoms with Crippen molar-refractivity contribution in [2.24, 2.45) is 10.7 Å². The maximum absolute atomic E-state index is 14.4. The molecule has 0 aliphatic carbocycles. The zero-order chi connectivity index (χ0) is 18.0. The van der Waals surface area contributed by atoms with E-state index in [0.717, 1.165) is 11.3 Å². The van der Waals surface area contributed by atoms with E-state index in [1.807, 2.05) is 19.9 Å². The molecule has 26 heavy (non-hydrogen) atoms. The second-order valence-electron chi connectivity index (χ2n) is 6.14. The van der Waals surface area contributed by atoms with Gasteiger partial charge in [-0.2, -0.15) is 0 Å². The maximum Gasteiger partial charge on any atom is 0.274 e. The number of nitrogens with zero attached hydrogens (tertiary/aromatic N) is 2. The number of benzene rings is 1. The summed E-state index contributed by atoms with van der Waals surface area (Å²) in [6.45, 7) is 3.67. The summed E-state index contributed by atoms with van der Waals surface area (Å²) in [4.78, 5) is 21.0. The van der Waals surface area contributed by atoms with Crippen LogP contribution in [0.15, 0.2) is 41.5 Å². The first-order valence-electron chi connectivity index (χ1n) is 7.90. The highest BCUT2D eigenvalue weighted by Crippen LogP contribution is 2.37. The van der Waals surface area contributed by atoms with E-state index >= 15 is 0 Å². The number of amidine groups is 1. The van der Waals surface area contributed by atoms with Crippen LogP contribution in [0.25, 0.3) is 0 Å². The lowest BCUT2D eigenvalue weighted by Gasteiger charge is -2.30. The van der Waals surface area contributed by atoms with Crippen molar-refractivity contribution in [1.82, 2.24) is 4.98 Å². The summed E-state index contributed by atoms with van der Waals surface area (Å²) in [6, 6.07) is 8.08. The Morgan fingerprint density at radius 2 is 2.15 bits per heavy atom. The van der Waals surface area contributed by atoms with E-state index in [2.05, 4.69) is 15.3 Å². The van der Waals surface area contributed by atoms with E-state index in [-0.39, 0.29) is 24.1 Å². The Kier molecular flexibility index (Phi) is 6.26. The number of nitrogens with two attached hydrogens (primary N) is 1. The molecule has 3 rings (SSSR count). The minimum Gasteiger partial charge on any atom is -0.379 e. The highest BCUT2D eigenvalue weighted by molar-refractivity contribution is 8.13. The van der Waals surface area contributed by atoms with E-state index in [9.17, 15) is 9.18 Å². The van der Waals surface area contributed by atoms with Crippen LogP contribution in [0.4, 0.5) is 10.1 Å². The molecule has 8 heteroatoms. The summed E-state index contributed by atoms with van der Waals surface area (Å²) < 4.78 is 14.4. The van der Waals surface area contributed by atoms with E-state index in [1.54, 1.807) is 18.3 Å². The number of rotatable bonds is 3. The molecule has 0 saturated carbocycles. The number of amides is 1. The van der Waals surface area contributed by atoms with Crippen LogP contribution >= 0.6 is 24.2 Å². The van der Waals surface area contributed by atoms with Crippen molar-refractivity contribution in [3.8, 4) is 0 Å². The number of pyridine rings is 1. The molecule has 1 aliphatic heterocycles. The van der Waals surface area contributed by atoms with E-state index in [4.69, 9.17) is 5.73 Å². The third kappa shape index (κ3) is 4.16. The van der Waals surface area contributed by atoms with Crippen molar-refractivity contribution in [1.29, 1.82) is 0 Å². The SMILES string of the molecule is Cc1cccnc1C(=O)Nc1ccc(F)c([C@]2(C)CCSC(N)=N2)c1.Cl. The minimum atomic E-state index is -0.735. The van der Waals surface area contributed by atoms with E-state index < -0.39 is 5.54 Å². The molecular formula is C18H20ClFN4OS. The second-order valence-corrected chi connectivity index (χ2v) is 7.26. The molecule has 1 amide bonds. The minimum absolute atomic E-state index is 0. The highest BCUT2D eigenvalue weighted by Gasteiger charge is 2.32. The van der Waals surface area contributed by atoms with Crippen LogP contribution in [0.1, 0.15) is 35.0 Å². The Labute approximate surface area is 162 Å².